The number of aliphatic hydroxyl groups excluding tert-OH is 2. The van der Waals surface area contributed by atoms with Gasteiger partial charge in [-0.2, -0.15) is 0 Å². The molecular formula is C23H45NO5. The molecule has 0 bridgehead atoms. The van der Waals surface area contributed by atoms with Crippen LogP contribution in [0.5, 0.6) is 0 Å². The summed E-state index contributed by atoms with van der Waals surface area (Å²) in [7, 11) is 0. The molecular weight excluding hydrogens is 370 g/mol. The fraction of sp³-hybridized carbons (Fsp3) is 0.913. The summed E-state index contributed by atoms with van der Waals surface area (Å²) in [4.78, 5) is 22.3. The van der Waals surface area contributed by atoms with Crippen molar-refractivity contribution in [2.24, 2.45) is 5.73 Å². The Labute approximate surface area is 177 Å². The summed E-state index contributed by atoms with van der Waals surface area (Å²) in [6.07, 6.45) is 17.1. The van der Waals surface area contributed by atoms with Crippen LogP contribution in [0.4, 0.5) is 0 Å². The van der Waals surface area contributed by atoms with Gasteiger partial charge in [0.05, 0.1) is 12.1 Å². The molecule has 6 heteroatoms. The molecule has 29 heavy (non-hydrogen) atoms. The highest BCUT2D eigenvalue weighted by atomic mass is 16.4. The maximum Gasteiger partial charge on any atom is 0.303 e. The lowest BCUT2D eigenvalue weighted by molar-refractivity contribution is -0.137. The molecule has 0 aliphatic rings. The molecule has 0 aromatic carbocycles. The number of carbonyl (C=O) groups excluding carboxylic acids is 1. The second-order valence-corrected chi connectivity index (χ2v) is 8.31. The van der Waals surface area contributed by atoms with E-state index in [0.29, 0.717) is 12.8 Å². The topological polar surface area (TPSA) is 121 Å². The van der Waals surface area contributed by atoms with Crippen molar-refractivity contribution in [3.8, 4) is 0 Å². The predicted octanol–water partition coefficient (Wildman–Crippen LogP) is 4.34. The van der Waals surface area contributed by atoms with Crippen LogP contribution in [-0.4, -0.2) is 45.8 Å². The number of carboxylic acid groups (broad SMARTS) is 1. The Kier molecular flexibility index (Phi) is 19.6. The number of hydrogen-bond acceptors (Lipinski definition) is 5. The molecule has 0 saturated carbocycles. The third kappa shape index (κ3) is 20.1. The fourth-order valence-corrected chi connectivity index (χ4v) is 3.54. The molecule has 6 nitrogen and oxygen atoms in total. The zero-order chi connectivity index (χ0) is 21.7. The van der Waals surface area contributed by atoms with Gasteiger partial charge in [0.25, 0.3) is 0 Å². The average molecular weight is 416 g/mol. The second kappa shape index (κ2) is 20.3. The molecule has 0 spiro atoms. The van der Waals surface area contributed by atoms with E-state index in [1.807, 2.05) is 0 Å². The first-order valence-electron chi connectivity index (χ1n) is 11.8. The number of hydrogen-bond donors (Lipinski definition) is 4. The molecule has 2 atom stereocenters. The fourth-order valence-electron chi connectivity index (χ4n) is 3.54. The molecule has 0 fully saturated rings. The summed E-state index contributed by atoms with van der Waals surface area (Å²) in [6.45, 7) is 0.0751. The van der Waals surface area contributed by atoms with Gasteiger partial charge in [0.15, 0.2) is 0 Å². The van der Waals surface area contributed by atoms with Gasteiger partial charge in [0, 0.05) is 19.4 Å². The molecule has 0 saturated heterocycles. The number of aliphatic hydroxyl groups is 2. The number of carbonyl (C=O) groups is 2. The van der Waals surface area contributed by atoms with Crippen LogP contribution < -0.4 is 5.73 Å². The van der Waals surface area contributed by atoms with Crippen molar-refractivity contribution < 1.29 is 24.9 Å². The van der Waals surface area contributed by atoms with Crippen molar-refractivity contribution in [2.45, 2.75) is 128 Å². The Bertz CT molecular complexity index is 403. The Balaban J connectivity index is 3.26. The number of carboxylic acids is 1. The molecule has 5 N–H and O–H groups in total. The number of aliphatic carboxylic acids is 1. The third-order valence-electron chi connectivity index (χ3n) is 5.51. The molecule has 1 unspecified atom stereocenters. The van der Waals surface area contributed by atoms with Crippen LogP contribution in [0.3, 0.4) is 0 Å². The standard InChI is InChI=1S/C23H45NO5/c24-21(16-17-23(28)29)22(27)15-13-11-9-7-5-3-1-2-4-6-8-10-12-14-20(26)18-19-25/h20-21,25-26H,1-19,24H2,(H,28,29)/t20?,21-/m0/s1. The molecule has 0 aromatic rings. The van der Waals surface area contributed by atoms with Gasteiger partial charge in [-0.1, -0.05) is 77.0 Å². The van der Waals surface area contributed by atoms with Gasteiger partial charge >= 0.3 is 5.97 Å². The zero-order valence-corrected chi connectivity index (χ0v) is 18.3. The largest absolute Gasteiger partial charge is 0.481 e. The minimum atomic E-state index is -0.903. The van der Waals surface area contributed by atoms with Crippen molar-refractivity contribution in [1.82, 2.24) is 0 Å². The molecule has 0 rings (SSSR count). The minimum Gasteiger partial charge on any atom is -0.481 e. The predicted molar refractivity (Wildman–Crippen MR) is 117 cm³/mol. The molecule has 172 valence electrons. The van der Waals surface area contributed by atoms with Gasteiger partial charge < -0.3 is 21.1 Å². The lowest BCUT2D eigenvalue weighted by Crippen LogP contribution is -2.30. The van der Waals surface area contributed by atoms with E-state index < -0.39 is 12.0 Å². The van der Waals surface area contributed by atoms with Crippen LogP contribution in [-0.2, 0) is 9.59 Å². The smallest absolute Gasteiger partial charge is 0.303 e. The van der Waals surface area contributed by atoms with E-state index in [2.05, 4.69) is 0 Å². The van der Waals surface area contributed by atoms with Crippen molar-refractivity contribution in [2.75, 3.05) is 6.61 Å². The summed E-state index contributed by atoms with van der Waals surface area (Å²) in [6, 6.07) is -0.621. The van der Waals surface area contributed by atoms with Crippen molar-refractivity contribution in [3.63, 3.8) is 0 Å². The van der Waals surface area contributed by atoms with Crippen LogP contribution in [0.15, 0.2) is 0 Å². The number of unbranched alkanes of at least 4 members (excludes halogenated alkanes) is 12. The Morgan fingerprint density at radius 2 is 1.10 bits per heavy atom. The van der Waals surface area contributed by atoms with Crippen LogP contribution >= 0.6 is 0 Å². The highest BCUT2D eigenvalue weighted by Crippen LogP contribution is 2.14. The van der Waals surface area contributed by atoms with E-state index in [1.165, 1.54) is 57.8 Å². The first-order chi connectivity index (χ1) is 14.0. The van der Waals surface area contributed by atoms with E-state index in [9.17, 15) is 14.7 Å². The summed E-state index contributed by atoms with van der Waals surface area (Å²) < 4.78 is 0. The van der Waals surface area contributed by atoms with Gasteiger partial charge in [-0.15, -0.1) is 0 Å². The van der Waals surface area contributed by atoms with Gasteiger partial charge in [-0.05, 0) is 25.7 Å². The molecule has 0 aliphatic carbocycles. The van der Waals surface area contributed by atoms with Crippen molar-refractivity contribution in [3.05, 3.63) is 0 Å². The normalized spacial score (nSPS) is 13.3. The maximum absolute atomic E-state index is 11.8. The number of rotatable bonds is 22. The highest BCUT2D eigenvalue weighted by molar-refractivity contribution is 5.84. The third-order valence-corrected chi connectivity index (χ3v) is 5.51. The van der Waals surface area contributed by atoms with Crippen molar-refractivity contribution >= 4 is 11.8 Å². The van der Waals surface area contributed by atoms with Crippen LogP contribution in [0, 0.1) is 0 Å². The summed E-state index contributed by atoms with van der Waals surface area (Å²) in [5, 5.41) is 26.9. The lowest BCUT2D eigenvalue weighted by atomic mass is 10.0. The first-order valence-corrected chi connectivity index (χ1v) is 11.8. The van der Waals surface area contributed by atoms with Crippen LogP contribution in [0.1, 0.15) is 116 Å². The molecule has 0 amide bonds. The van der Waals surface area contributed by atoms with E-state index in [0.717, 1.165) is 32.1 Å². The Morgan fingerprint density at radius 3 is 1.55 bits per heavy atom. The van der Waals surface area contributed by atoms with Gasteiger partial charge in [0.1, 0.15) is 5.78 Å². The number of nitrogens with two attached hydrogens (primary N) is 1. The SMILES string of the molecule is N[C@@H](CCC(=O)O)C(=O)CCCCCCCCCCCCCCCC(O)CCO. The van der Waals surface area contributed by atoms with E-state index >= 15 is 0 Å². The van der Waals surface area contributed by atoms with Gasteiger partial charge in [-0.25, -0.2) is 0 Å². The average Bonchev–Trinajstić information content (AvgIpc) is 2.68. The number of Topliss-reactive ketones (excluding diaryl/α,β-unsaturated/α-hetero) is 1. The summed E-state index contributed by atoms with van der Waals surface area (Å²) in [5.41, 5.74) is 5.71. The summed E-state index contributed by atoms with van der Waals surface area (Å²) in [5.74, 6) is -0.910. The van der Waals surface area contributed by atoms with Crippen molar-refractivity contribution in [1.29, 1.82) is 0 Å². The zero-order valence-electron chi connectivity index (χ0n) is 18.3. The van der Waals surface area contributed by atoms with Gasteiger partial charge in [-0.3, -0.25) is 9.59 Å². The molecule has 0 radical (unpaired) electrons. The molecule has 0 aromatic heterocycles. The second-order valence-electron chi connectivity index (χ2n) is 8.31. The first kappa shape index (κ1) is 28.0. The number of ketones is 1. The Hall–Kier alpha value is -0.980. The Morgan fingerprint density at radius 1 is 0.655 bits per heavy atom. The monoisotopic (exact) mass is 415 g/mol. The van der Waals surface area contributed by atoms with Crippen LogP contribution in [0.2, 0.25) is 0 Å². The van der Waals surface area contributed by atoms with E-state index in [-0.39, 0.29) is 31.3 Å². The molecule has 0 aliphatic heterocycles. The highest BCUT2D eigenvalue weighted by Gasteiger charge is 2.14. The lowest BCUT2D eigenvalue weighted by Gasteiger charge is -2.09. The minimum absolute atomic E-state index is 0.00686. The van der Waals surface area contributed by atoms with E-state index in [1.54, 1.807) is 0 Å². The van der Waals surface area contributed by atoms with E-state index in [4.69, 9.17) is 15.9 Å². The van der Waals surface area contributed by atoms with Crippen LogP contribution in [0.25, 0.3) is 0 Å². The maximum atomic E-state index is 11.8. The van der Waals surface area contributed by atoms with Gasteiger partial charge in [0.2, 0.25) is 0 Å². The molecule has 0 heterocycles. The summed E-state index contributed by atoms with van der Waals surface area (Å²) >= 11 is 0. The quantitative estimate of drug-likeness (QED) is 0.195.